The monoisotopic (exact) mass is 222 g/mol. The van der Waals surface area contributed by atoms with Crippen molar-refractivity contribution in [1.82, 2.24) is 0 Å². The summed E-state index contributed by atoms with van der Waals surface area (Å²) in [5, 5.41) is 0. The molecule has 0 saturated carbocycles. The van der Waals surface area contributed by atoms with Gasteiger partial charge in [0.25, 0.3) is 0 Å². The first kappa shape index (κ1) is 14.2. The third kappa shape index (κ3) is 8.74. The van der Waals surface area contributed by atoms with Crippen LogP contribution in [0.3, 0.4) is 0 Å². The molecule has 0 radical (unpaired) electrons. The van der Waals surface area contributed by atoms with E-state index < -0.39 is 7.60 Å². The molecule has 0 amide bonds. The van der Waals surface area contributed by atoms with E-state index in [1.54, 1.807) is 13.8 Å². The van der Waals surface area contributed by atoms with Crippen molar-refractivity contribution in [2.24, 2.45) is 0 Å². The maximum atomic E-state index is 11.4. The highest BCUT2D eigenvalue weighted by Gasteiger charge is 2.19. The van der Waals surface area contributed by atoms with E-state index in [-0.39, 0.29) is 6.10 Å². The summed E-state index contributed by atoms with van der Waals surface area (Å²) in [5.74, 6) is 0. The third-order valence-electron chi connectivity index (χ3n) is 1.92. The fourth-order valence-corrected chi connectivity index (χ4v) is 2.68. The molecule has 1 N–H and O–H groups in total. The molecule has 0 fully saturated rings. The summed E-state index contributed by atoms with van der Waals surface area (Å²) in [4.78, 5) is 9.37. The van der Waals surface area contributed by atoms with Gasteiger partial charge in [0.05, 0.1) is 6.10 Å². The van der Waals surface area contributed by atoms with Gasteiger partial charge in [-0.2, -0.15) is 0 Å². The summed E-state index contributed by atoms with van der Waals surface area (Å²) in [6.07, 6.45) is 5.51. The minimum absolute atomic E-state index is 0.165. The summed E-state index contributed by atoms with van der Waals surface area (Å²) in [7, 11) is -3.30. The smallest absolute Gasteiger partial charge is 0.324 e. The molecule has 0 aliphatic heterocycles. The lowest BCUT2D eigenvalue weighted by Gasteiger charge is -2.14. The van der Waals surface area contributed by atoms with Gasteiger partial charge in [-0.15, -0.1) is 0 Å². The maximum absolute atomic E-state index is 11.4. The molecule has 1 atom stereocenters. The molecular weight excluding hydrogens is 199 g/mol. The minimum atomic E-state index is -3.30. The molecular formula is C10H23O3P. The number of rotatable bonds is 8. The van der Waals surface area contributed by atoms with Gasteiger partial charge in [-0.3, -0.25) is 4.57 Å². The van der Waals surface area contributed by atoms with Gasteiger partial charge in [0.1, 0.15) is 0 Å². The standard InChI is InChI=1S/C10H23O3P/c1-4-5-6-7-8-9-14(11,12)13-10(2)3/h10H,4-9H2,1-3H3,(H,11,12). The van der Waals surface area contributed by atoms with Crippen LogP contribution < -0.4 is 0 Å². The second-order valence-electron chi connectivity index (χ2n) is 3.93. The Kier molecular flexibility index (Phi) is 7.52. The molecule has 0 aromatic heterocycles. The SMILES string of the molecule is CCCCCCCP(=O)(O)OC(C)C. The van der Waals surface area contributed by atoms with Crippen molar-refractivity contribution in [3.05, 3.63) is 0 Å². The Balaban J connectivity index is 3.51. The second-order valence-corrected chi connectivity index (χ2v) is 5.86. The largest absolute Gasteiger partial charge is 0.328 e. The van der Waals surface area contributed by atoms with E-state index in [1.165, 1.54) is 12.8 Å². The zero-order chi connectivity index (χ0) is 11.0. The van der Waals surface area contributed by atoms with Crippen LogP contribution in [-0.4, -0.2) is 17.2 Å². The Labute approximate surface area is 87.4 Å². The van der Waals surface area contributed by atoms with Crippen LogP contribution >= 0.6 is 7.60 Å². The Bertz CT molecular complexity index is 180. The summed E-state index contributed by atoms with van der Waals surface area (Å²) in [6.45, 7) is 5.71. The Morgan fingerprint density at radius 3 is 2.29 bits per heavy atom. The van der Waals surface area contributed by atoms with Crippen molar-refractivity contribution in [2.75, 3.05) is 6.16 Å². The van der Waals surface area contributed by atoms with Crippen LogP contribution in [0.1, 0.15) is 52.9 Å². The Morgan fingerprint density at radius 1 is 1.21 bits per heavy atom. The quantitative estimate of drug-likeness (QED) is 0.504. The highest BCUT2D eigenvalue weighted by atomic mass is 31.2. The Hall–Kier alpha value is 0.150. The van der Waals surface area contributed by atoms with Gasteiger partial charge in [-0.1, -0.05) is 32.6 Å². The van der Waals surface area contributed by atoms with E-state index in [9.17, 15) is 9.46 Å². The van der Waals surface area contributed by atoms with Gasteiger partial charge in [0, 0.05) is 6.16 Å². The maximum Gasteiger partial charge on any atom is 0.328 e. The van der Waals surface area contributed by atoms with Crippen LogP contribution in [0.25, 0.3) is 0 Å². The van der Waals surface area contributed by atoms with Crippen molar-refractivity contribution in [3.8, 4) is 0 Å². The normalized spacial score (nSPS) is 15.8. The lowest BCUT2D eigenvalue weighted by molar-refractivity contribution is 0.204. The Morgan fingerprint density at radius 2 is 1.79 bits per heavy atom. The van der Waals surface area contributed by atoms with Crippen molar-refractivity contribution in [2.45, 2.75) is 59.0 Å². The molecule has 0 heterocycles. The molecule has 0 aromatic rings. The number of unbranched alkanes of at least 4 members (excludes halogenated alkanes) is 4. The summed E-state index contributed by atoms with van der Waals surface area (Å²) in [6, 6.07) is 0. The molecule has 86 valence electrons. The zero-order valence-electron chi connectivity index (χ0n) is 9.53. The topological polar surface area (TPSA) is 46.5 Å². The predicted molar refractivity (Wildman–Crippen MR) is 59.7 cm³/mol. The van der Waals surface area contributed by atoms with Crippen molar-refractivity contribution in [3.63, 3.8) is 0 Å². The van der Waals surface area contributed by atoms with Crippen LogP contribution in [0.5, 0.6) is 0 Å². The molecule has 0 aliphatic rings. The fourth-order valence-electron chi connectivity index (χ4n) is 1.30. The highest BCUT2D eigenvalue weighted by Crippen LogP contribution is 2.44. The van der Waals surface area contributed by atoms with E-state index in [1.807, 2.05) is 0 Å². The van der Waals surface area contributed by atoms with Crippen molar-refractivity contribution in [1.29, 1.82) is 0 Å². The van der Waals surface area contributed by atoms with Crippen molar-refractivity contribution >= 4 is 7.60 Å². The van der Waals surface area contributed by atoms with Crippen LogP contribution in [0.2, 0.25) is 0 Å². The lowest BCUT2D eigenvalue weighted by Crippen LogP contribution is -2.02. The molecule has 0 rings (SSSR count). The lowest BCUT2D eigenvalue weighted by atomic mass is 10.2. The van der Waals surface area contributed by atoms with Gasteiger partial charge >= 0.3 is 7.60 Å². The average molecular weight is 222 g/mol. The van der Waals surface area contributed by atoms with Gasteiger partial charge in [0.2, 0.25) is 0 Å². The first-order valence-electron chi connectivity index (χ1n) is 5.48. The summed E-state index contributed by atoms with van der Waals surface area (Å²) in [5.41, 5.74) is 0. The molecule has 14 heavy (non-hydrogen) atoms. The number of hydrogen-bond acceptors (Lipinski definition) is 2. The average Bonchev–Trinajstić information content (AvgIpc) is 2.01. The van der Waals surface area contributed by atoms with E-state index in [4.69, 9.17) is 4.52 Å². The van der Waals surface area contributed by atoms with E-state index >= 15 is 0 Å². The van der Waals surface area contributed by atoms with Crippen LogP contribution in [0.4, 0.5) is 0 Å². The van der Waals surface area contributed by atoms with Crippen LogP contribution in [0.15, 0.2) is 0 Å². The molecule has 3 nitrogen and oxygen atoms in total. The van der Waals surface area contributed by atoms with E-state index in [2.05, 4.69) is 6.92 Å². The van der Waals surface area contributed by atoms with Gasteiger partial charge in [-0.05, 0) is 20.3 Å². The van der Waals surface area contributed by atoms with E-state index in [0.29, 0.717) is 6.16 Å². The zero-order valence-corrected chi connectivity index (χ0v) is 10.4. The molecule has 4 heteroatoms. The molecule has 1 unspecified atom stereocenters. The fraction of sp³-hybridized carbons (Fsp3) is 1.00. The van der Waals surface area contributed by atoms with Crippen LogP contribution in [0, 0.1) is 0 Å². The number of hydrogen-bond donors (Lipinski definition) is 1. The molecule has 0 spiro atoms. The van der Waals surface area contributed by atoms with Crippen molar-refractivity contribution < 1.29 is 14.0 Å². The first-order chi connectivity index (χ1) is 6.48. The summed E-state index contributed by atoms with van der Waals surface area (Å²) >= 11 is 0. The molecule has 0 saturated heterocycles. The first-order valence-corrected chi connectivity index (χ1v) is 7.24. The highest BCUT2D eigenvalue weighted by molar-refractivity contribution is 7.52. The molecule has 0 bridgehead atoms. The van der Waals surface area contributed by atoms with Gasteiger partial charge in [-0.25, -0.2) is 0 Å². The summed E-state index contributed by atoms with van der Waals surface area (Å²) < 4.78 is 16.3. The molecule has 0 aromatic carbocycles. The predicted octanol–water partition coefficient (Wildman–Crippen LogP) is 3.57. The second kappa shape index (κ2) is 7.44. The van der Waals surface area contributed by atoms with Gasteiger partial charge < -0.3 is 9.42 Å². The third-order valence-corrected chi connectivity index (χ3v) is 3.55. The van der Waals surface area contributed by atoms with E-state index in [0.717, 1.165) is 19.3 Å². The molecule has 0 aliphatic carbocycles. The minimum Gasteiger partial charge on any atom is -0.324 e. The van der Waals surface area contributed by atoms with Gasteiger partial charge in [0.15, 0.2) is 0 Å². The van der Waals surface area contributed by atoms with Crippen LogP contribution in [-0.2, 0) is 9.09 Å².